The fraction of sp³-hybridized carbons (Fsp3) is 1.00. The zero-order valence-electron chi connectivity index (χ0n) is 9.07. The molecule has 4 N–H and O–H groups in total. The second-order valence-corrected chi connectivity index (χ2v) is 4.23. The molecular weight excluding hydrogens is 205 g/mol. The summed E-state index contributed by atoms with van der Waals surface area (Å²) in [6.45, 7) is 4.26. The third kappa shape index (κ3) is 10.2. The van der Waals surface area contributed by atoms with Gasteiger partial charge in [-0.2, -0.15) is 0 Å². The van der Waals surface area contributed by atoms with Gasteiger partial charge in [-0.3, -0.25) is 9.05 Å². The van der Waals surface area contributed by atoms with Crippen LogP contribution in [0.15, 0.2) is 0 Å². The molecule has 0 spiro atoms. The summed E-state index contributed by atoms with van der Waals surface area (Å²) >= 11 is 0. The van der Waals surface area contributed by atoms with Crippen LogP contribution in [0.1, 0.15) is 39.5 Å². The largest absolute Gasteiger partial charge is 0.472 e. The number of rotatable bonds is 8. The lowest BCUT2D eigenvalue weighted by Gasteiger charge is -2.09. The predicted molar refractivity (Wildman–Crippen MR) is 56.6 cm³/mol. The van der Waals surface area contributed by atoms with Gasteiger partial charge in [0.25, 0.3) is 0 Å². The molecule has 88 valence electrons. The molecule has 0 aliphatic heterocycles. The van der Waals surface area contributed by atoms with E-state index in [0.29, 0.717) is 6.61 Å². The highest BCUT2D eigenvalue weighted by atomic mass is 31.2. The van der Waals surface area contributed by atoms with Gasteiger partial charge in [-0.1, -0.05) is 26.2 Å². The van der Waals surface area contributed by atoms with E-state index >= 15 is 0 Å². The van der Waals surface area contributed by atoms with Crippen molar-refractivity contribution in [1.82, 2.24) is 6.15 Å². The summed E-state index contributed by atoms with van der Waals surface area (Å²) in [5, 5.41) is 0. The molecule has 0 aliphatic rings. The molecule has 0 aromatic heterocycles. The molecule has 6 heteroatoms. The Balaban J connectivity index is 0. The second kappa shape index (κ2) is 9.62. The van der Waals surface area contributed by atoms with Gasteiger partial charge < -0.3 is 11.0 Å². The third-order valence-corrected chi connectivity index (χ3v) is 2.64. The first kappa shape index (κ1) is 16.5. The molecule has 0 heterocycles. The third-order valence-electron chi connectivity index (χ3n) is 1.54. The first-order chi connectivity index (χ1) is 6.12. The van der Waals surface area contributed by atoms with Crippen LogP contribution in [0.5, 0.6) is 0 Å². The lowest BCUT2D eigenvalue weighted by atomic mass is 10.2. The van der Waals surface area contributed by atoms with Gasteiger partial charge in [0, 0.05) is 0 Å². The monoisotopic (exact) mass is 227 g/mol. The fourth-order valence-corrected chi connectivity index (χ4v) is 1.67. The first-order valence-corrected chi connectivity index (χ1v) is 6.23. The number of phosphoric ester groups is 1. The Morgan fingerprint density at radius 1 is 1.14 bits per heavy atom. The van der Waals surface area contributed by atoms with Crippen molar-refractivity contribution in [1.29, 1.82) is 0 Å². The van der Waals surface area contributed by atoms with Crippen LogP contribution in [0.2, 0.25) is 0 Å². The molecule has 0 rings (SSSR count). The Morgan fingerprint density at radius 2 is 1.79 bits per heavy atom. The van der Waals surface area contributed by atoms with E-state index in [1.165, 1.54) is 0 Å². The highest BCUT2D eigenvalue weighted by molar-refractivity contribution is 7.47. The molecule has 0 saturated carbocycles. The van der Waals surface area contributed by atoms with Gasteiger partial charge in [0.2, 0.25) is 0 Å². The highest BCUT2D eigenvalue weighted by Crippen LogP contribution is 2.42. The van der Waals surface area contributed by atoms with Crippen molar-refractivity contribution < 1.29 is 18.5 Å². The average Bonchev–Trinajstić information content (AvgIpc) is 2.04. The summed E-state index contributed by atoms with van der Waals surface area (Å²) < 4.78 is 20.2. The summed E-state index contributed by atoms with van der Waals surface area (Å²) in [5.74, 6) is 0. The highest BCUT2D eigenvalue weighted by Gasteiger charge is 2.18. The number of unbranched alkanes of at least 4 members (excludes halogenated alkanes) is 3. The number of hydrogen-bond donors (Lipinski definition) is 2. The van der Waals surface area contributed by atoms with Gasteiger partial charge in [0.1, 0.15) is 0 Å². The average molecular weight is 227 g/mol. The minimum Gasteiger partial charge on any atom is -0.344 e. The molecule has 0 aromatic carbocycles. The maximum absolute atomic E-state index is 11.0. The van der Waals surface area contributed by atoms with Crippen LogP contribution >= 0.6 is 7.82 Å². The quantitative estimate of drug-likeness (QED) is 0.491. The smallest absolute Gasteiger partial charge is 0.344 e. The van der Waals surface area contributed by atoms with E-state index in [4.69, 9.17) is 9.42 Å². The normalized spacial score (nSPS) is 14.5. The van der Waals surface area contributed by atoms with Crippen LogP contribution in [0.3, 0.4) is 0 Å². The molecule has 0 aliphatic carbocycles. The van der Waals surface area contributed by atoms with Crippen molar-refractivity contribution in [2.75, 3.05) is 13.2 Å². The summed E-state index contributed by atoms with van der Waals surface area (Å²) in [6.07, 6.45) is 4.12. The van der Waals surface area contributed by atoms with Crippen LogP contribution in [0, 0.1) is 0 Å². The molecule has 5 nitrogen and oxygen atoms in total. The van der Waals surface area contributed by atoms with Crippen LogP contribution in [0.25, 0.3) is 0 Å². The number of phosphoric acid groups is 1. The van der Waals surface area contributed by atoms with E-state index < -0.39 is 7.82 Å². The van der Waals surface area contributed by atoms with Crippen LogP contribution in [0.4, 0.5) is 0 Å². The predicted octanol–water partition coefficient (Wildman–Crippen LogP) is 2.88. The minimum absolute atomic E-state index is 0. The standard InChI is InChI=1S/C8H19O4P.H3N/c1-3-5-6-7-8-12-13(9,10)11-4-2;/h3-8H2,1-2H3,(H,9,10);1H3. The molecule has 0 radical (unpaired) electrons. The fourth-order valence-electron chi connectivity index (χ4n) is 0.909. The molecule has 0 fully saturated rings. The second-order valence-electron chi connectivity index (χ2n) is 2.78. The minimum atomic E-state index is -3.74. The summed E-state index contributed by atoms with van der Waals surface area (Å²) in [4.78, 5) is 8.98. The van der Waals surface area contributed by atoms with E-state index in [-0.39, 0.29) is 12.8 Å². The van der Waals surface area contributed by atoms with Gasteiger partial charge in [0.05, 0.1) is 13.2 Å². The SMILES string of the molecule is CCCCCCOP(=O)(O)OCC.N. The Morgan fingerprint density at radius 3 is 2.29 bits per heavy atom. The van der Waals surface area contributed by atoms with Crippen molar-refractivity contribution in [3.05, 3.63) is 0 Å². The molecule has 0 bridgehead atoms. The first-order valence-electron chi connectivity index (χ1n) is 4.74. The van der Waals surface area contributed by atoms with Crippen molar-refractivity contribution in [3.63, 3.8) is 0 Å². The Hall–Kier alpha value is 0.0700. The van der Waals surface area contributed by atoms with Crippen molar-refractivity contribution in [3.8, 4) is 0 Å². The molecule has 0 aromatic rings. The maximum Gasteiger partial charge on any atom is 0.472 e. The molecule has 1 unspecified atom stereocenters. The Labute approximate surface area is 86.0 Å². The van der Waals surface area contributed by atoms with E-state index in [9.17, 15) is 4.57 Å². The Kier molecular flexibility index (Phi) is 11.3. The lowest BCUT2D eigenvalue weighted by Crippen LogP contribution is -1.96. The van der Waals surface area contributed by atoms with Crippen LogP contribution in [-0.4, -0.2) is 18.1 Å². The van der Waals surface area contributed by atoms with Crippen molar-refractivity contribution >= 4 is 7.82 Å². The molecule has 0 amide bonds. The molecule has 1 atom stereocenters. The zero-order valence-corrected chi connectivity index (χ0v) is 9.96. The van der Waals surface area contributed by atoms with E-state index in [2.05, 4.69) is 11.4 Å². The van der Waals surface area contributed by atoms with Crippen molar-refractivity contribution in [2.45, 2.75) is 39.5 Å². The van der Waals surface area contributed by atoms with E-state index in [0.717, 1.165) is 25.7 Å². The Bertz CT molecular complexity index is 165. The molecule has 14 heavy (non-hydrogen) atoms. The maximum atomic E-state index is 11.0. The van der Waals surface area contributed by atoms with Gasteiger partial charge in [-0.05, 0) is 13.3 Å². The van der Waals surface area contributed by atoms with Gasteiger partial charge in [-0.15, -0.1) is 0 Å². The van der Waals surface area contributed by atoms with Crippen LogP contribution < -0.4 is 6.15 Å². The zero-order chi connectivity index (χ0) is 10.2. The van der Waals surface area contributed by atoms with Crippen LogP contribution in [-0.2, 0) is 13.6 Å². The van der Waals surface area contributed by atoms with Gasteiger partial charge >= 0.3 is 7.82 Å². The summed E-state index contributed by atoms with van der Waals surface area (Å²) in [5.41, 5.74) is 0. The lowest BCUT2D eigenvalue weighted by molar-refractivity contribution is 0.153. The van der Waals surface area contributed by atoms with Gasteiger partial charge in [0.15, 0.2) is 0 Å². The molecular formula is C8H22NO4P. The van der Waals surface area contributed by atoms with E-state index in [1.807, 2.05) is 0 Å². The van der Waals surface area contributed by atoms with Gasteiger partial charge in [-0.25, -0.2) is 4.57 Å². The topological polar surface area (TPSA) is 90.8 Å². The number of hydrogen-bond acceptors (Lipinski definition) is 4. The summed E-state index contributed by atoms with van der Waals surface area (Å²) in [6, 6.07) is 0. The van der Waals surface area contributed by atoms with E-state index in [1.54, 1.807) is 6.92 Å². The molecule has 0 saturated heterocycles. The van der Waals surface area contributed by atoms with Crippen molar-refractivity contribution in [2.24, 2.45) is 0 Å². The summed E-state index contributed by atoms with van der Waals surface area (Å²) in [7, 11) is -3.74.